The van der Waals surface area contributed by atoms with E-state index in [-0.39, 0.29) is 11.4 Å². The molecule has 0 amide bonds. The third-order valence-corrected chi connectivity index (χ3v) is 5.46. The molecule has 0 saturated heterocycles. The number of anilines is 1. The summed E-state index contributed by atoms with van der Waals surface area (Å²) in [6.45, 7) is 4.61. The number of benzene rings is 2. The highest BCUT2D eigenvalue weighted by Gasteiger charge is 2.24. The SMILES string of the molecule is Cc1ccc(N(CC#CCN(C)C)S(=O)(=O)c2ccc(C)cc2)cc1. The Balaban J connectivity index is 2.40. The second-order valence-electron chi connectivity index (χ2n) is 6.25. The third kappa shape index (κ3) is 5.09. The van der Waals surface area contributed by atoms with E-state index in [1.807, 2.05) is 57.1 Å². The van der Waals surface area contributed by atoms with Crippen LogP contribution in [-0.4, -0.2) is 40.5 Å². The molecule has 132 valence electrons. The number of hydrogen-bond acceptors (Lipinski definition) is 3. The minimum absolute atomic E-state index is 0.118. The fourth-order valence-corrected chi connectivity index (χ4v) is 3.57. The van der Waals surface area contributed by atoms with Crippen molar-refractivity contribution in [2.45, 2.75) is 18.7 Å². The Morgan fingerprint density at radius 1 is 0.800 bits per heavy atom. The Bertz CT molecular complexity index is 859. The van der Waals surface area contributed by atoms with E-state index in [4.69, 9.17) is 0 Å². The second-order valence-corrected chi connectivity index (χ2v) is 8.11. The maximum atomic E-state index is 13.1. The van der Waals surface area contributed by atoms with Crippen LogP contribution in [0.25, 0.3) is 0 Å². The molecular formula is C20H24N2O2S. The van der Waals surface area contributed by atoms with Gasteiger partial charge in [0, 0.05) is 0 Å². The molecule has 0 heterocycles. The fraction of sp³-hybridized carbons (Fsp3) is 0.300. The van der Waals surface area contributed by atoms with E-state index in [2.05, 4.69) is 11.8 Å². The van der Waals surface area contributed by atoms with Gasteiger partial charge in [0.1, 0.15) is 0 Å². The standard InChI is InChI=1S/C20H24N2O2S/c1-17-7-11-19(12-8-17)22(16-6-5-15-21(3)4)25(23,24)20-13-9-18(2)10-14-20/h7-14H,15-16H2,1-4H3. The lowest BCUT2D eigenvalue weighted by Crippen LogP contribution is -2.31. The van der Waals surface area contributed by atoms with Crippen molar-refractivity contribution < 1.29 is 8.42 Å². The van der Waals surface area contributed by atoms with E-state index in [9.17, 15) is 8.42 Å². The summed E-state index contributed by atoms with van der Waals surface area (Å²) in [7, 11) is 0.185. The molecule has 0 fully saturated rings. The maximum Gasteiger partial charge on any atom is 0.265 e. The van der Waals surface area contributed by atoms with Crippen LogP contribution in [0.4, 0.5) is 5.69 Å². The summed E-state index contributed by atoms with van der Waals surface area (Å²) in [5.41, 5.74) is 2.71. The topological polar surface area (TPSA) is 40.6 Å². The van der Waals surface area contributed by atoms with E-state index in [1.54, 1.807) is 24.3 Å². The van der Waals surface area contributed by atoms with Gasteiger partial charge in [0.25, 0.3) is 10.0 Å². The van der Waals surface area contributed by atoms with Gasteiger partial charge in [-0.2, -0.15) is 0 Å². The average molecular weight is 356 g/mol. The molecule has 0 saturated carbocycles. The highest BCUT2D eigenvalue weighted by atomic mass is 32.2. The van der Waals surface area contributed by atoms with Gasteiger partial charge in [-0.25, -0.2) is 8.42 Å². The normalized spacial score (nSPS) is 11.1. The Morgan fingerprint density at radius 2 is 1.28 bits per heavy atom. The largest absolute Gasteiger partial charge is 0.299 e. The summed E-state index contributed by atoms with van der Waals surface area (Å²) < 4.78 is 27.6. The Kier molecular flexibility index (Phi) is 6.24. The van der Waals surface area contributed by atoms with Gasteiger partial charge in [0.2, 0.25) is 0 Å². The van der Waals surface area contributed by atoms with Gasteiger partial charge in [-0.05, 0) is 52.2 Å². The number of aryl methyl sites for hydroxylation is 2. The average Bonchev–Trinajstić information content (AvgIpc) is 2.56. The van der Waals surface area contributed by atoms with Crippen molar-refractivity contribution in [2.75, 3.05) is 31.5 Å². The zero-order chi connectivity index (χ0) is 18.4. The van der Waals surface area contributed by atoms with E-state index in [1.165, 1.54) is 4.31 Å². The zero-order valence-electron chi connectivity index (χ0n) is 15.2. The Morgan fingerprint density at radius 3 is 1.80 bits per heavy atom. The van der Waals surface area contributed by atoms with Gasteiger partial charge in [0.15, 0.2) is 0 Å². The molecule has 4 nitrogen and oxygen atoms in total. The molecule has 0 aliphatic heterocycles. The highest BCUT2D eigenvalue weighted by Crippen LogP contribution is 2.24. The molecule has 25 heavy (non-hydrogen) atoms. The zero-order valence-corrected chi connectivity index (χ0v) is 16.0. The van der Waals surface area contributed by atoms with Crippen LogP contribution in [-0.2, 0) is 10.0 Å². The van der Waals surface area contributed by atoms with Gasteiger partial charge >= 0.3 is 0 Å². The van der Waals surface area contributed by atoms with Crippen molar-refractivity contribution in [2.24, 2.45) is 0 Å². The molecule has 2 aromatic rings. The minimum atomic E-state index is -3.67. The minimum Gasteiger partial charge on any atom is -0.299 e. The van der Waals surface area contributed by atoms with Crippen molar-refractivity contribution in [3.05, 3.63) is 59.7 Å². The van der Waals surface area contributed by atoms with Crippen LogP contribution in [0.5, 0.6) is 0 Å². The molecule has 0 bridgehead atoms. The summed E-state index contributed by atoms with van der Waals surface area (Å²) in [6.07, 6.45) is 0. The van der Waals surface area contributed by atoms with Gasteiger partial charge in [0.05, 0.1) is 23.7 Å². The van der Waals surface area contributed by atoms with Crippen LogP contribution in [0.15, 0.2) is 53.4 Å². The van der Waals surface area contributed by atoms with Crippen LogP contribution in [0.2, 0.25) is 0 Å². The predicted molar refractivity (Wildman–Crippen MR) is 103 cm³/mol. The highest BCUT2D eigenvalue weighted by molar-refractivity contribution is 7.92. The molecule has 0 unspecified atom stereocenters. The lowest BCUT2D eigenvalue weighted by molar-refractivity contribution is 0.464. The number of hydrogen-bond donors (Lipinski definition) is 0. The first-order valence-corrected chi connectivity index (χ1v) is 9.51. The van der Waals surface area contributed by atoms with E-state index < -0.39 is 10.0 Å². The fourth-order valence-electron chi connectivity index (χ4n) is 2.21. The predicted octanol–water partition coefficient (Wildman–Crippen LogP) is 3.06. The smallest absolute Gasteiger partial charge is 0.265 e. The molecule has 2 rings (SSSR count). The number of sulfonamides is 1. The molecule has 0 spiro atoms. The monoisotopic (exact) mass is 356 g/mol. The van der Waals surface area contributed by atoms with Gasteiger partial charge < -0.3 is 0 Å². The Labute approximate surface area is 151 Å². The van der Waals surface area contributed by atoms with E-state index in [0.717, 1.165) is 11.1 Å². The molecular weight excluding hydrogens is 332 g/mol. The molecule has 0 aliphatic rings. The van der Waals surface area contributed by atoms with Gasteiger partial charge in [-0.1, -0.05) is 47.2 Å². The summed E-state index contributed by atoms with van der Waals surface area (Å²) in [4.78, 5) is 2.21. The van der Waals surface area contributed by atoms with Gasteiger partial charge in [-0.15, -0.1) is 0 Å². The van der Waals surface area contributed by atoms with Crippen molar-refractivity contribution in [3.8, 4) is 11.8 Å². The van der Waals surface area contributed by atoms with E-state index >= 15 is 0 Å². The molecule has 0 atom stereocenters. The summed E-state index contributed by atoms with van der Waals surface area (Å²) in [6, 6.07) is 14.3. The third-order valence-electron chi connectivity index (χ3n) is 3.67. The first-order valence-electron chi connectivity index (χ1n) is 8.07. The summed E-state index contributed by atoms with van der Waals surface area (Å²) in [5, 5.41) is 0. The van der Waals surface area contributed by atoms with Crippen LogP contribution in [0.1, 0.15) is 11.1 Å². The second kappa shape index (κ2) is 8.19. The molecule has 0 aliphatic carbocycles. The Hall–Kier alpha value is -2.29. The number of nitrogens with zero attached hydrogens (tertiary/aromatic N) is 2. The first kappa shape index (κ1) is 19.0. The van der Waals surface area contributed by atoms with Crippen molar-refractivity contribution in [3.63, 3.8) is 0 Å². The lowest BCUT2D eigenvalue weighted by Gasteiger charge is -2.22. The molecule has 5 heteroatoms. The maximum absolute atomic E-state index is 13.1. The molecule has 2 aromatic carbocycles. The van der Waals surface area contributed by atoms with Crippen LogP contribution < -0.4 is 4.31 Å². The summed E-state index contributed by atoms with van der Waals surface area (Å²) >= 11 is 0. The summed E-state index contributed by atoms with van der Waals surface area (Å²) in [5.74, 6) is 5.97. The van der Waals surface area contributed by atoms with Crippen LogP contribution in [0.3, 0.4) is 0 Å². The molecule has 0 radical (unpaired) electrons. The van der Waals surface area contributed by atoms with Crippen LogP contribution in [0, 0.1) is 25.7 Å². The van der Waals surface area contributed by atoms with E-state index in [0.29, 0.717) is 12.2 Å². The molecule has 0 N–H and O–H groups in total. The van der Waals surface area contributed by atoms with Crippen molar-refractivity contribution in [1.82, 2.24) is 4.90 Å². The lowest BCUT2D eigenvalue weighted by atomic mass is 10.2. The number of rotatable bonds is 5. The van der Waals surface area contributed by atoms with Crippen molar-refractivity contribution >= 4 is 15.7 Å². The van der Waals surface area contributed by atoms with Gasteiger partial charge in [-0.3, -0.25) is 9.21 Å². The van der Waals surface area contributed by atoms with Crippen molar-refractivity contribution in [1.29, 1.82) is 0 Å². The first-order chi connectivity index (χ1) is 11.8. The molecule has 0 aromatic heterocycles. The quantitative estimate of drug-likeness (QED) is 0.773. The van der Waals surface area contributed by atoms with Crippen LogP contribution >= 0.6 is 0 Å².